The number of benzene rings is 1. The summed E-state index contributed by atoms with van der Waals surface area (Å²) in [5.74, 6) is 0.420. The number of nitrogens with one attached hydrogen (secondary N) is 3. The molecule has 33 heavy (non-hydrogen) atoms. The van der Waals surface area contributed by atoms with Crippen molar-refractivity contribution in [2.45, 2.75) is 31.7 Å². The van der Waals surface area contributed by atoms with Crippen molar-refractivity contribution >= 4 is 29.3 Å². The number of carbonyl (C=O) groups excluding carboxylic acids is 1. The van der Waals surface area contributed by atoms with E-state index in [4.69, 9.17) is 9.47 Å². The third-order valence-electron chi connectivity index (χ3n) is 6.02. The molecule has 3 aromatic rings. The number of H-pyrrole nitrogens is 1. The molecule has 1 atom stereocenters. The molecule has 8 nitrogen and oxygen atoms in total. The summed E-state index contributed by atoms with van der Waals surface area (Å²) in [7, 11) is 1.42. The zero-order valence-corrected chi connectivity index (χ0v) is 19.1. The molecule has 5 rings (SSSR count). The first-order valence-corrected chi connectivity index (χ1v) is 11.0. The molecule has 1 aliphatic heterocycles. The zero-order chi connectivity index (χ0) is 22.1. The van der Waals surface area contributed by atoms with Crippen molar-refractivity contribution in [2.75, 3.05) is 26.8 Å². The lowest BCUT2D eigenvalue weighted by atomic mass is 10.1. The third kappa shape index (κ3) is 4.89. The summed E-state index contributed by atoms with van der Waals surface area (Å²) >= 11 is 0. The van der Waals surface area contributed by atoms with Gasteiger partial charge in [-0.2, -0.15) is 0 Å². The lowest BCUT2D eigenvalue weighted by Crippen LogP contribution is -2.45. The molecule has 1 saturated carbocycles. The second kappa shape index (κ2) is 9.93. The Hall–Kier alpha value is -2.91. The minimum absolute atomic E-state index is 0. The molecule has 1 aliphatic carbocycles. The van der Waals surface area contributed by atoms with E-state index in [0.717, 1.165) is 38.8 Å². The molecule has 1 amide bonds. The molecule has 2 fully saturated rings. The largest absolute Gasteiger partial charge is 0.494 e. The van der Waals surface area contributed by atoms with Gasteiger partial charge in [-0.3, -0.25) is 4.79 Å². The molecule has 0 unspecified atom stereocenters. The zero-order valence-electron chi connectivity index (χ0n) is 18.3. The maximum absolute atomic E-state index is 14.6. The van der Waals surface area contributed by atoms with Crippen LogP contribution in [0.1, 0.15) is 36.0 Å². The molecule has 0 bridgehead atoms. The van der Waals surface area contributed by atoms with E-state index in [1.807, 2.05) is 0 Å². The number of fused-ring (bicyclic) bond motifs is 1. The minimum atomic E-state index is -0.512. The Kier molecular flexibility index (Phi) is 6.99. The van der Waals surface area contributed by atoms with Crippen LogP contribution in [-0.2, 0) is 0 Å². The van der Waals surface area contributed by atoms with Gasteiger partial charge in [-0.05, 0) is 44.2 Å². The van der Waals surface area contributed by atoms with Crippen LogP contribution < -0.4 is 20.1 Å². The first kappa shape index (κ1) is 23.3. The van der Waals surface area contributed by atoms with Crippen LogP contribution in [0.15, 0.2) is 24.7 Å². The first-order valence-electron chi connectivity index (χ1n) is 11.0. The average molecular weight is 476 g/mol. The summed E-state index contributed by atoms with van der Waals surface area (Å²) in [6, 6.07) is 2.99. The summed E-state index contributed by atoms with van der Waals surface area (Å²) in [5.41, 5.74) is 2.44. The highest BCUT2D eigenvalue weighted by Gasteiger charge is 2.25. The number of amides is 1. The topological polar surface area (TPSA) is 101 Å². The molecule has 1 saturated heterocycles. The number of hydrogen-bond donors (Lipinski definition) is 3. The summed E-state index contributed by atoms with van der Waals surface area (Å²) < 4.78 is 25.8. The number of methoxy groups -OCH3 is 1. The number of carbonyl (C=O) groups is 1. The van der Waals surface area contributed by atoms with E-state index < -0.39 is 5.82 Å². The number of halogens is 2. The van der Waals surface area contributed by atoms with Gasteiger partial charge in [0, 0.05) is 30.4 Å². The molecular weight excluding hydrogens is 449 g/mol. The SMILES string of the molecule is COc1cc(OCC2CC2)c(-c2ncnc3c(C(=O)N[C@H]4CCCNC4)c[nH]c23)cc1F.Cl. The highest BCUT2D eigenvalue weighted by Crippen LogP contribution is 2.39. The second-order valence-corrected chi connectivity index (χ2v) is 8.40. The summed E-state index contributed by atoms with van der Waals surface area (Å²) in [6.45, 7) is 2.28. The Labute approximate surface area is 197 Å². The fraction of sp³-hybridized carbons (Fsp3) is 0.435. The minimum Gasteiger partial charge on any atom is -0.494 e. The van der Waals surface area contributed by atoms with Crippen molar-refractivity contribution in [1.82, 2.24) is 25.6 Å². The van der Waals surface area contributed by atoms with Crippen molar-refractivity contribution in [3.63, 3.8) is 0 Å². The number of hydrogen-bond acceptors (Lipinski definition) is 6. The van der Waals surface area contributed by atoms with Gasteiger partial charge in [0.2, 0.25) is 0 Å². The third-order valence-corrected chi connectivity index (χ3v) is 6.02. The number of piperidine rings is 1. The normalized spacial score (nSPS) is 17.9. The van der Waals surface area contributed by atoms with Gasteiger partial charge in [-0.1, -0.05) is 0 Å². The number of ether oxygens (including phenoxy) is 2. The molecule has 0 spiro atoms. The fourth-order valence-corrected chi connectivity index (χ4v) is 4.04. The Bertz CT molecular complexity index is 1140. The van der Waals surface area contributed by atoms with Crippen molar-refractivity contribution in [2.24, 2.45) is 5.92 Å². The van der Waals surface area contributed by atoms with Gasteiger partial charge < -0.3 is 25.1 Å². The van der Waals surface area contributed by atoms with E-state index in [9.17, 15) is 9.18 Å². The molecule has 3 N–H and O–H groups in total. The Morgan fingerprint density at radius 3 is 2.82 bits per heavy atom. The average Bonchev–Trinajstić information content (AvgIpc) is 3.54. The van der Waals surface area contributed by atoms with Crippen LogP contribution in [0.2, 0.25) is 0 Å². The van der Waals surface area contributed by atoms with Gasteiger partial charge in [0.1, 0.15) is 23.3 Å². The van der Waals surface area contributed by atoms with Crippen molar-refractivity contribution in [3.8, 4) is 22.8 Å². The van der Waals surface area contributed by atoms with Crippen molar-refractivity contribution in [1.29, 1.82) is 0 Å². The predicted octanol–water partition coefficient (Wildman–Crippen LogP) is 3.47. The molecule has 0 radical (unpaired) electrons. The molecule has 2 aromatic heterocycles. The summed E-state index contributed by atoms with van der Waals surface area (Å²) in [6.07, 6.45) is 7.25. The van der Waals surface area contributed by atoms with Crippen LogP contribution in [0, 0.1) is 11.7 Å². The molecule has 3 heterocycles. The standard InChI is InChI=1S/C23H26FN5O3.ClH/c1-31-19-8-18(32-11-13-4-5-13)15(7-17(19)24)20-22-21(28-12-27-20)16(10-26-22)23(30)29-14-3-2-6-25-9-14;/h7-8,10,12-14,25-26H,2-6,9,11H2,1H3,(H,29,30);1H/t14-;/m0./s1. The van der Waals surface area contributed by atoms with Gasteiger partial charge in [0.15, 0.2) is 11.6 Å². The summed E-state index contributed by atoms with van der Waals surface area (Å²) in [5, 5.41) is 6.36. The molecule has 2 aliphatic rings. The lowest BCUT2D eigenvalue weighted by Gasteiger charge is -2.23. The fourth-order valence-electron chi connectivity index (χ4n) is 4.04. The highest BCUT2D eigenvalue weighted by molar-refractivity contribution is 6.08. The van der Waals surface area contributed by atoms with E-state index in [0.29, 0.717) is 46.1 Å². The van der Waals surface area contributed by atoms with Crippen LogP contribution in [0.5, 0.6) is 11.5 Å². The van der Waals surface area contributed by atoms with Crippen molar-refractivity contribution in [3.05, 3.63) is 36.0 Å². The van der Waals surface area contributed by atoms with Gasteiger partial charge in [0.05, 0.1) is 24.8 Å². The quantitative estimate of drug-likeness (QED) is 0.483. The molecule has 1 aromatic carbocycles. The highest BCUT2D eigenvalue weighted by atomic mass is 35.5. The van der Waals surface area contributed by atoms with Gasteiger partial charge in [-0.15, -0.1) is 12.4 Å². The van der Waals surface area contributed by atoms with E-state index >= 15 is 0 Å². The number of nitrogens with zero attached hydrogens (tertiary/aromatic N) is 2. The Balaban J connectivity index is 0.00000259. The predicted molar refractivity (Wildman–Crippen MR) is 125 cm³/mol. The van der Waals surface area contributed by atoms with Crippen LogP contribution in [0.3, 0.4) is 0 Å². The van der Waals surface area contributed by atoms with Crippen molar-refractivity contribution < 1.29 is 18.7 Å². The smallest absolute Gasteiger partial charge is 0.255 e. The number of aromatic nitrogens is 3. The first-order chi connectivity index (χ1) is 15.6. The maximum atomic E-state index is 14.6. The van der Waals surface area contributed by atoms with Crippen LogP contribution in [0.4, 0.5) is 4.39 Å². The van der Waals surface area contributed by atoms with E-state index in [1.54, 1.807) is 12.3 Å². The van der Waals surface area contributed by atoms with Crippen LogP contribution in [-0.4, -0.2) is 53.7 Å². The Morgan fingerprint density at radius 1 is 1.24 bits per heavy atom. The summed E-state index contributed by atoms with van der Waals surface area (Å²) in [4.78, 5) is 24.7. The second-order valence-electron chi connectivity index (χ2n) is 8.40. The van der Waals surface area contributed by atoms with Crippen LogP contribution >= 0.6 is 12.4 Å². The van der Waals surface area contributed by atoms with E-state index in [2.05, 4.69) is 25.6 Å². The Morgan fingerprint density at radius 2 is 2.09 bits per heavy atom. The monoisotopic (exact) mass is 475 g/mol. The van der Waals surface area contributed by atoms with Crippen LogP contribution in [0.25, 0.3) is 22.3 Å². The molecule has 10 heteroatoms. The van der Waals surface area contributed by atoms with Gasteiger partial charge in [-0.25, -0.2) is 14.4 Å². The van der Waals surface area contributed by atoms with E-state index in [1.165, 1.54) is 19.5 Å². The van der Waals surface area contributed by atoms with Gasteiger partial charge >= 0.3 is 0 Å². The molecule has 176 valence electrons. The number of rotatable bonds is 7. The molecular formula is C23H27ClFN5O3. The van der Waals surface area contributed by atoms with E-state index in [-0.39, 0.29) is 30.1 Å². The number of aromatic amines is 1. The maximum Gasteiger partial charge on any atom is 0.255 e. The lowest BCUT2D eigenvalue weighted by molar-refractivity contribution is 0.0932. The van der Waals surface area contributed by atoms with Gasteiger partial charge in [0.25, 0.3) is 5.91 Å².